The molecule has 27 heavy (non-hydrogen) atoms. The van der Waals surface area contributed by atoms with Crippen molar-refractivity contribution in [2.75, 3.05) is 37.3 Å². The number of nitrogens with zero attached hydrogens (tertiary/aromatic N) is 4. The molecular formula is C19H30N4O3S. The second kappa shape index (κ2) is 7.37. The Morgan fingerprint density at radius 1 is 1.11 bits per heavy atom. The number of hydrogen-bond acceptors (Lipinski definition) is 6. The minimum atomic E-state index is -3.40. The van der Waals surface area contributed by atoms with Crippen molar-refractivity contribution >= 4 is 21.7 Å². The average molecular weight is 395 g/mol. The van der Waals surface area contributed by atoms with Gasteiger partial charge >= 0.3 is 0 Å². The van der Waals surface area contributed by atoms with Crippen molar-refractivity contribution in [3.63, 3.8) is 0 Å². The monoisotopic (exact) mass is 394 g/mol. The normalized spacial score (nSPS) is 19.6. The van der Waals surface area contributed by atoms with E-state index >= 15 is 0 Å². The van der Waals surface area contributed by atoms with Crippen LogP contribution < -0.4 is 4.90 Å². The summed E-state index contributed by atoms with van der Waals surface area (Å²) in [4.78, 5) is 25.8. The van der Waals surface area contributed by atoms with Gasteiger partial charge in [0.05, 0.1) is 11.9 Å². The highest BCUT2D eigenvalue weighted by atomic mass is 32.2. The van der Waals surface area contributed by atoms with Crippen LogP contribution in [0.5, 0.6) is 0 Å². The van der Waals surface area contributed by atoms with E-state index in [0.717, 1.165) is 38.8 Å². The fourth-order valence-electron chi connectivity index (χ4n) is 3.85. The molecule has 7 nitrogen and oxygen atoms in total. The first kappa shape index (κ1) is 20.0. The molecule has 150 valence electrons. The quantitative estimate of drug-likeness (QED) is 0.782. The fourth-order valence-corrected chi connectivity index (χ4v) is 4.69. The minimum absolute atomic E-state index is 0.0306. The number of aromatic nitrogens is 2. The summed E-state index contributed by atoms with van der Waals surface area (Å²) in [5.74, 6) is 0.802. The molecule has 2 aliphatic rings. The van der Waals surface area contributed by atoms with Gasteiger partial charge in [0.25, 0.3) is 0 Å². The van der Waals surface area contributed by atoms with Crippen LogP contribution in [0.25, 0.3) is 0 Å². The van der Waals surface area contributed by atoms with Gasteiger partial charge in [-0.3, -0.25) is 4.79 Å². The predicted octanol–water partition coefficient (Wildman–Crippen LogP) is 2.23. The molecular weight excluding hydrogens is 364 g/mol. The van der Waals surface area contributed by atoms with Crippen molar-refractivity contribution < 1.29 is 13.2 Å². The molecule has 3 heterocycles. The molecule has 1 amide bonds. The molecule has 2 aliphatic heterocycles. The minimum Gasteiger partial charge on any atom is -0.342 e. The lowest BCUT2D eigenvalue weighted by molar-refractivity contribution is -0.140. The Bertz CT molecular complexity index is 803. The maximum Gasteiger partial charge on any atom is 0.227 e. The molecule has 0 spiro atoms. The van der Waals surface area contributed by atoms with E-state index < -0.39 is 15.3 Å². The van der Waals surface area contributed by atoms with E-state index in [1.165, 1.54) is 12.5 Å². The van der Waals surface area contributed by atoms with Gasteiger partial charge in [-0.05, 0) is 25.7 Å². The topological polar surface area (TPSA) is 83.5 Å². The molecule has 0 aliphatic carbocycles. The molecule has 0 radical (unpaired) electrons. The van der Waals surface area contributed by atoms with Gasteiger partial charge in [0.1, 0.15) is 4.90 Å². The molecule has 0 bridgehead atoms. The number of likely N-dealkylation sites (tertiary alicyclic amines) is 1. The van der Waals surface area contributed by atoms with E-state index in [9.17, 15) is 13.2 Å². The van der Waals surface area contributed by atoms with Gasteiger partial charge in [0.2, 0.25) is 11.9 Å². The van der Waals surface area contributed by atoms with E-state index in [0.29, 0.717) is 24.7 Å². The fraction of sp³-hybridized carbons (Fsp3) is 0.737. The molecule has 2 fully saturated rings. The van der Waals surface area contributed by atoms with Gasteiger partial charge in [-0.25, -0.2) is 18.4 Å². The standard InChI is InChI=1S/C19H30N4O3S/c1-19(2,3)17(24)22-11-7-14(8-12-22)16-15(27(4,25)26)13-20-18(21-16)23-9-5-6-10-23/h13-14H,5-12H2,1-4H3. The molecule has 0 aromatic carbocycles. The van der Waals surface area contributed by atoms with Crippen LogP contribution in [-0.4, -0.2) is 61.6 Å². The predicted molar refractivity (Wildman–Crippen MR) is 105 cm³/mol. The summed E-state index contributed by atoms with van der Waals surface area (Å²) >= 11 is 0. The van der Waals surface area contributed by atoms with Crippen LogP contribution in [0.15, 0.2) is 11.1 Å². The number of carbonyl (C=O) groups excluding carboxylic acids is 1. The third-order valence-corrected chi connectivity index (χ3v) is 6.48. The number of amides is 1. The van der Waals surface area contributed by atoms with E-state index in [-0.39, 0.29) is 16.7 Å². The Morgan fingerprint density at radius 3 is 2.22 bits per heavy atom. The largest absolute Gasteiger partial charge is 0.342 e. The lowest BCUT2D eigenvalue weighted by Gasteiger charge is -2.36. The first-order valence-corrected chi connectivity index (χ1v) is 11.6. The van der Waals surface area contributed by atoms with Crippen molar-refractivity contribution in [3.05, 3.63) is 11.9 Å². The van der Waals surface area contributed by atoms with Gasteiger partial charge < -0.3 is 9.80 Å². The number of anilines is 1. The molecule has 3 rings (SSSR count). The zero-order valence-electron chi connectivity index (χ0n) is 16.7. The zero-order chi connectivity index (χ0) is 19.8. The number of carbonyl (C=O) groups is 1. The molecule has 1 aromatic heterocycles. The van der Waals surface area contributed by atoms with Crippen LogP contribution in [0, 0.1) is 5.41 Å². The molecule has 8 heteroatoms. The lowest BCUT2D eigenvalue weighted by atomic mass is 9.89. The maximum absolute atomic E-state index is 12.5. The average Bonchev–Trinajstić information content (AvgIpc) is 3.14. The van der Waals surface area contributed by atoms with E-state index in [1.807, 2.05) is 25.7 Å². The Morgan fingerprint density at radius 2 is 1.70 bits per heavy atom. The molecule has 2 saturated heterocycles. The van der Waals surface area contributed by atoms with Crippen LogP contribution in [0.3, 0.4) is 0 Å². The van der Waals surface area contributed by atoms with Crippen LogP contribution in [-0.2, 0) is 14.6 Å². The van der Waals surface area contributed by atoms with Crippen molar-refractivity contribution in [3.8, 4) is 0 Å². The molecule has 1 aromatic rings. The van der Waals surface area contributed by atoms with Crippen LogP contribution >= 0.6 is 0 Å². The second-order valence-corrected chi connectivity index (χ2v) is 10.7. The Hall–Kier alpha value is -1.70. The summed E-state index contributed by atoms with van der Waals surface area (Å²) in [6, 6.07) is 0. The zero-order valence-corrected chi connectivity index (χ0v) is 17.5. The summed E-state index contributed by atoms with van der Waals surface area (Å²) < 4.78 is 24.5. The highest BCUT2D eigenvalue weighted by Crippen LogP contribution is 2.33. The summed E-state index contributed by atoms with van der Waals surface area (Å²) in [5.41, 5.74) is 0.222. The second-order valence-electron chi connectivity index (χ2n) is 8.70. The third-order valence-electron chi connectivity index (χ3n) is 5.37. The highest BCUT2D eigenvalue weighted by molar-refractivity contribution is 7.90. The van der Waals surface area contributed by atoms with Gasteiger partial charge in [-0.2, -0.15) is 0 Å². The Balaban J connectivity index is 1.84. The van der Waals surface area contributed by atoms with Crippen molar-refractivity contribution in [2.24, 2.45) is 5.41 Å². The first-order chi connectivity index (χ1) is 12.6. The van der Waals surface area contributed by atoms with E-state index in [4.69, 9.17) is 4.98 Å². The van der Waals surface area contributed by atoms with E-state index in [2.05, 4.69) is 9.88 Å². The highest BCUT2D eigenvalue weighted by Gasteiger charge is 2.33. The summed E-state index contributed by atoms with van der Waals surface area (Å²) in [6.07, 6.45) is 6.35. The van der Waals surface area contributed by atoms with Crippen molar-refractivity contribution in [1.29, 1.82) is 0 Å². The molecule has 0 saturated carbocycles. The lowest BCUT2D eigenvalue weighted by Crippen LogP contribution is -2.44. The van der Waals surface area contributed by atoms with Gasteiger partial charge in [-0.15, -0.1) is 0 Å². The van der Waals surface area contributed by atoms with Crippen molar-refractivity contribution in [2.45, 2.75) is 57.3 Å². The maximum atomic E-state index is 12.5. The number of sulfone groups is 1. The molecule has 0 atom stereocenters. The van der Waals surface area contributed by atoms with Crippen LogP contribution in [0.1, 0.15) is 58.1 Å². The smallest absolute Gasteiger partial charge is 0.227 e. The first-order valence-electron chi connectivity index (χ1n) is 9.68. The summed E-state index contributed by atoms with van der Waals surface area (Å²) in [5, 5.41) is 0. The third kappa shape index (κ3) is 4.42. The number of hydrogen-bond donors (Lipinski definition) is 0. The SMILES string of the molecule is CC(C)(C)C(=O)N1CCC(c2nc(N3CCCC3)ncc2S(C)(=O)=O)CC1. The van der Waals surface area contributed by atoms with Crippen LogP contribution in [0.2, 0.25) is 0 Å². The number of piperidine rings is 1. The van der Waals surface area contributed by atoms with Gasteiger partial charge in [0, 0.05) is 43.8 Å². The number of rotatable bonds is 3. The van der Waals surface area contributed by atoms with E-state index in [1.54, 1.807) is 0 Å². The van der Waals surface area contributed by atoms with Crippen LogP contribution in [0.4, 0.5) is 5.95 Å². The van der Waals surface area contributed by atoms with Gasteiger partial charge in [-0.1, -0.05) is 20.8 Å². The summed E-state index contributed by atoms with van der Waals surface area (Å²) in [6.45, 7) is 8.87. The van der Waals surface area contributed by atoms with Gasteiger partial charge in [0.15, 0.2) is 9.84 Å². The molecule has 0 N–H and O–H groups in total. The molecule has 0 unspecified atom stereocenters. The Kier molecular flexibility index (Phi) is 5.47. The van der Waals surface area contributed by atoms with Crippen molar-refractivity contribution in [1.82, 2.24) is 14.9 Å². The summed E-state index contributed by atoms with van der Waals surface area (Å²) in [7, 11) is -3.40. The Labute approximate surface area is 162 Å².